The molecule has 26 heavy (non-hydrogen) atoms. The van der Waals surface area contributed by atoms with Crippen LogP contribution in [0.5, 0.6) is 17.2 Å². The van der Waals surface area contributed by atoms with E-state index < -0.39 is 0 Å². The number of carbonyl (C=O) groups is 1. The third kappa shape index (κ3) is 5.58. The predicted octanol–water partition coefficient (Wildman–Crippen LogP) is 2.80. The first-order valence-electron chi connectivity index (χ1n) is 8.52. The SMILES string of the molecule is COc1cc(CCNC(=O)NCCc2ccccc2)cc(OC)c1OC. The molecule has 0 aliphatic carbocycles. The molecule has 6 nitrogen and oxygen atoms in total. The van der Waals surface area contributed by atoms with E-state index in [2.05, 4.69) is 10.6 Å². The Hall–Kier alpha value is -2.89. The number of ether oxygens (including phenoxy) is 3. The van der Waals surface area contributed by atoms with E-state index >= 15 is 0 Å². The molecule has 2 N–H and O–H groups in total. The van der Waals surface area contributed by atoms with Crippen LogP contribution in [0.25, 0.3) is 0 Å². The second kappa shape index (κ2) is 10.2. The first kappa shape index (κ1) is 19.4. The van der Waals surface area contributed by atoms with Crippen molar-refractivity contribution in [3.05, 3.63) is 53.6 Å². The molecule has 0 fully saturated rings. The Morgan fingerprint density at radius 1 is 0.808 bits per heavy atom. The van der Waals surface area contributed by atoms with Gasteiger partial charge in [0.15, 0.2) is 11.5 Å². The summed E-state index contributed by atoms with van der Waals surface area (Å²) < 4.78 is 16.0. The molecule has 0 aliphatic rings. The van der Waals surface area contributed by atoms with Gasteiger partial charge in [0.25, 0.3) is 0 Å². The fourth-order valence-electron chi connectivity index (χ4n) is 2.63. The lowest BCUT2D eigenvalue weighted by molar-refractivity contribution is 0.241. The van der Waals surface area contributed by atoms with Gasteiger partial charge in [-0.25, -0.2) is 4.79 Å². The Balaban J connectivity index is 1.79. The highest BCUT2D eigenvalue weighted by molar-refractivity contribution is 5.73. The molecule has 140 valence electrons. The Kier molecular flexibility index (Phi) is 7.61. The van der Waals surface area contributed by atoms with E-state index in [4.69, 9.17) is 14.2 Å². The first-order chi connectivity index (χ1) is 12.7. The smallest absolute Gasteiger partial charge is 0.314 e. The zero-order valence-electron chi connectivity index (χ0n) is 15.5. The van der Waals surface area contributed by atoms with Crippen LogP contribution in [0.1, 0.15) is 11.1 Å². The molecule has 0 heterocycles. The molecular formula is C20H26N2O4. The highest BCUT2D eigenvalue weighted by Gasteiger charge is 2.13. The summed E-state index contributed by atoms with van der Waals surface area (Å²) in [6, 6.07) is 13.7. The third-order valence-corrected chi connectivity index (χ3v) is 3.97. The van der Waals surface area contributed by atoms with Crippen LogP contribution in [0.4, 0.5) is 4.79 Å². The molecule has 0 unspecified atom stereocenters. The summed E-state index contributed by atoms with van der Waals surface area (Å²) in [5.41, 5.74) is 2.19. The van der Waals surface area contributed by atoms with Crippen molar-refractivity contribution in [1.29, 1.82) is 0 Å². The summed E-state index contributed by atoms with van der Waals surface area (Å²) in [7, 11) is 4.74. The fraction of sp³-hybridized carbons (Fsp3) is 0.350. The van der Waals surface area contributed by atoms with E-state index in [9.17, 15) is 4.79 Å². The van der Waals surface area contributed by atoms with Crippen molar-refractivity contribution in [2.75, 3.05) is 34.4 Å². The van der Waals surface area contributed by atoms with Crippen molar-refractivity contribution >= 4 is 6.03 Å². The molecule has 0 atom stereocenters. The topological polar surface area (TPSA) is 68.8 Å². The highest BCUT2D eigenvalue weighted by atomic mass is 16.5. The van der Waals surface area contributed by atoms with Gasteiger partial charge in [0, 0.05) is 13.1 Å². The highest BCUT2D eigenvalue weighted by Crippen LogP contribution is 2.38. The van der Waals surface area contributed by atoms with Crippen molar-refractivity contribution in [3.63, 3.8) is 0 Å². The summed E-state index contributed by atoms with van der Waals surface area (Å²) in [5.74, 6) is 1.77. The number of carbonyl (C=O) groups excluding carboxylic acids is 1. The van der Waals surface area contributed by atoms with Crippen molar-refractivity contribution < 1.29 is 19.0 Å². The van der Waals surface area contributed by atoms with E-state index in [1.165, 1.54) is 5.56 Å². The number of hydrogen-bond donors (Lipinski definition) is 2. The molecule has 0 bridgehead atoms. The van der Waals surface area contributed by atoms with Gasteiger partial charge in [0.1, 0.15) is 0 Å². The van der Waals surface area contributed by atoms with Gasteiger partial charge in [-0.1, -0.05) is 30.3 Å². The van der Waals surface area contributed by atoms with Crippen LogP contribution in [0.3, 0.4) is 0 Å². The molecule has 2 aromatic carbocycles. The van der Waals surface area contributed by atoms with Crippen LogP contribution in [-0.4, -0.2) is 40.5 Å². The van der Waals surface area contributed by atoms with E-state index in [0.29, 0.717) is 36.8 Å². The Bertz CT molecular complexity index is 679. The number of benzene rings is 2. The zero-order valence-corrected chi connectivity index (χ0v) is 15.5. The van der Waals surface area contributed by atoms with Crippen molar-refractivity contribution in [1.82, 2.24) is 10.6 Å². The average Bonchev–Trinajstić information content (AvgIpc) is 2.68. The van der Waals surface area contributed by atoms with Gasteiger partial charge in [-0.05, 0) is 36.1 Å². The van der Waals surface area contributed by atoms with Gasteiger partial charge < -0.3 is 24.8 Å². The van der Waals surface area contributed by atoms with Crippen molar-refractivity contribution in [2.24, 2.45) is 0 Å². The largest absolute Gasteiger partial charge is 0.493 e. The molecule has 0 aliphatic heterocycles. The van der Waals surface area contributed by atoms with Crippen LogP contribution < -0.4 is 24.8 Å². The quantitative estimate of drug-likeness (QED) is 0.723. The van der Waals surface area contributed by atoms with E-state index in [1.54, 1.807) is 21.3 Å². The minimum Gasteiger partial charge on any atom is -0.493 e. The van der Waals surface area contributed by atoms with Gasteiger partial charge in [-0.15, -0.1) is 0 Å². The number of urea groups is 1. The maximum atomic E-state index is 11.9. The lowest BCUT2D eigenvalue weighted by Gasteiger charge is -2.14. The number of methoxy groups -OCH3 is 3. The van der Waals surface area contributed by atoms with Crippen LogP contribution in [0.2, 0.25) is 0 Å². The summed E-state index contributed by atoms with van der Waals surface area (Å²) in [6.45, 7) is 1.11. The fourth-order valence-corrected chi connectivity index (χ4v) is 2.63. The van der Waals surface area contributed by atoms with Crippen LogP contribution in [-0.2, 0) is 12.8 Å². The Morgan fingerprint density at radius 2 is 1.35 bits per heavy atom. The molecule has 6 heteroatoms. The Morgan fingerprint density at radius 3 is 1.85 bits per heavy atom. The van der Waals surface area contributed by atoms with Crippen molar-refractivity contribution in [2.45, 2.75) is 12.8 Å². The lowest BCUT2D eigenvalue weighted by Crippen LogP contribution is -2.37. The molecule has 0 saturated heterocycles. The van der Waals surface area contributed by atoms with E-state index in [1.807, 2.05) is 42.5 Å². The standard InChI is InChI=1S/C20H26N2O4/c1-24-17-13-16(14-18(25-2)19(17)26-3)10-12-22-20(23)21-11-9-15-7-5-4-6-8-15/h4-8,13-14H,9-12H2,1-3H3,(H2,21,22,23). The van der Waals surface area contributed by atoms with Gasteiger partial charge in [0.2, 0.25) is 5.75 Å². The molecule has 0 spiro atoms. The van der Waals surface area contributed by atoms with Gasteiger partial charge in [-0.2, -0.15) is 0 Å². The predicted molar refractivity (Wildman–Crippen MR) is 101 cm³/mol. The van der Waals surface area contributed by atoms with Crippen LogP contribution >= 0.6 is 0 Å². The third-order valence-electron chi connectivity index (χ3n) is 3.97. The second-order valence-corrected chi connectivity index (χ2v) is 5.70. The molecule has 0 aromatic heterocycles. The number of rotatable bonds is 9. The summed E-state index contributed by atoms with van der Waals surface area (Å²) in [4.78, 5) is 11.9. The number of nitrogens with one attached hydrogen (secondary N) is 2. The number of amides is 2. The maximum absolute atomic E-state index is 11.9. The maximum Gasteiger partial charge on any atom is 0.314 e. The minimum absolute atomic E-state index is 0.173. The number of hydrogen-bond acceptors (Lipinski definition) is 4. The van der Waals surface area contributed by atoms with Crippen molar-refractivity contribution in [3.8, 4) is 17.2 Å². The average molecular weight is 358 g/mol. The normalized spacial score (nSPS) is 10.1. The first-order valence-corrected chi connectivity index (χ1v) is 8.52. The van der Waals surface area contributed by atoms with Gasteiger partial charge in [-0.3, -0.25) is 0 Å². The second-order valence-electron chi connectivity index (χ2n) is 5.70. The van der Waals surface area contributed by atoms with E-state index in [-0.39, 0.29) is 6.03 Å². The summed E-state index contributed by atoms with van der Waals surface area (Å²) in [6.07, 6.45) is 1.46. The van der Waals surface area contributed by atoms with Gasteiger partial charge >= 0.3 is 6.03 Å². The molecule has 2 rings (SSSR count). The minimum atomic E-state index is -0.173. The van der Waals surface area contributed by atoms with Crippen LogP contribution in [0.15, 0.2) is 42.5 Å². The van der Waals surface area contributed by atoms with Crippen LogP contribution in [0, 0.1) is 0 Å². The van der Waals surface area contributed by atoms with Gasteiger partial charge in [0.05, 0.1) is 21.3 Å². The monoisotopic (exact) mass is 358 g/mol. The molecule has 0 saturated carbocycles. The van der Waals surface area contributed by atoms with E-state index in [0.717, 1.165) is 12.0 Å². The zero-order chi connectivity index (χ0) is 18.8. The molecular weight excluding hydrogens is 332 g/mol. The lowest BCUT2D eigenvalue weighted by atomic mass is 10.1. The molecule has 2 aromatic rings. The summed E-state index contributed by atoms with van der Waals surface area (Å²) in [5, 5.41) is 5.72. The summed E-state index contributed by atoms with van der Waals surface area (Å²) >= 11 is 0. The molecule has 0 radical (unpaired) electrons. The Labute approximate surface area is 154 Å². The molecule has 2 amide bonds.